The third-order valence-electron chi connectivity index (χ3n) is 5.51. The molecule has 172 valence electrons. The van der Waals surface area contributed by atoms with E-state index in [2.05, 4.69) is 5.32 Å². The van der Waals surface area contributed by atoms with Crippen molar-refractivity contribution in [3.05, 3.63) is 54.1 Å². The van der Waals surface area contributed by atoms with Gasteiger partial charge in [-0.05, 0) is 69.5 Å². The van der Waals surface area contributed by atoms with Gasteiger partial charge in [-0.15, -0.1) is 0 Å². The normalized spacial score (nSPS) is 15.1. The van der Waals surface area contributed by atoms with Crippen molar-refractivity contribution in [1.82, 2.24) is 10.2 Å². The maximum atomic E-state index is 12.7. The molecule has 1 fully saturated rings. The van der Waals surface area contributed by atoms with Gasteiger partial charge in [-0.25, -0.2) is 0 Å². The first-order valence-electron chi connectivity index (χ1n) is 11.1. The molecule has 1 aliphatic heterocycles. The molecule has 1 heterocycles. The Morgan fingerprint density at radius 3 is 2.34 bits per heavy atom. The molecule has 3 rings (SSSR count). The number of hydrogen-bond donors (Lipinski definition) is 2. The van der Waals surface area contributed by atoms with E-state index in [9.17, 15) is 14.7 Å². The summed E-state index contributed by atoms with van der Waals surface area (Å²) in [6.45, 7) is 5.43. The van der Waals surface area contributed by atoms with Crippen molar-refractivity contribution < 1.29 is 24.2 Å². The van der Waals surface area contributed by atoms with Crippen LogP contribution in [0.15, 0.2) is 48.5 Å². The molecule has 7 nitrogen and oxygen atoms in total. The average molecular weight is 441 g/mol. The standard InChI is InChI=1S/C25H32N2O5/c1-18-5-9-22(10-6-18)31-17-3-4-24(29)26-20-13-15-27(16-14-20)25(30)19(2)32-23-11-7-21(28)8-12-23/h5-12,19-20,28H,3-4,13-17H2,1-2H3,(H,26,29). The van der Waals surface area contributed by atoms with Gasteiger partial charge in [0.05, 0.1) is 6.61 Å². The number of hydrogen-bond acceptors (Lipinski definition) is 5. The quantitative estimate of drug-likeness (QED) is 0.583. The van der Waals surface area contributed by atoms with E-state index in [0.29, 0.717) is 38.3 Å². The van der Waals surface area contributed by atoms with Crippen molar-refractivity contribution in [2.24, 2.45) is 0 Å². The van der Waals surface area contributed by atoms with Crippen molar-refractivity contribution in [3.8, 4) is 17.2 Å². The number of nitrogens with zero attached hydrogens (tertiary/aromatic N) is 1. The second kappa shape index (κ2) is 11.4. The first-order chi connectivity index (χ1) is 15.4. The fourth-order valence-electron chi connectivity index (χ4n) is 3.64. The Balaban J connectivity index is 1.32. The summed E-state index contributed by atoms with van der Waals surface area (Å²) in [7, 11) is 0. The van der Waals surface area contributed by atoms with Gasteiger partial charge in [0.15, 0.2) is 6.10 Å². The fraction of sp³-hybridized carbons (Fsp3) is 0.440. The van der Waals surface area contributed by atoms with Crippen LogP contribution in [0.3, 0.4) is 0 Å². The summed E-state index contributed by atoms with van der Waals surface area (Å²) in [4.78, 5) is 26.7. The smallest absolute Gasteiger partial charge is 0.263 e. The van der Waals surface area contributed by atoms with Gasteiger partial charge in [0.25, 0.3) is 5.91 Å². The molecule has 0 saturated carbocycles. The summed E-state index contributed by atoms with van der Waals surface area (Å²) >= 11 is 0. The highest BCUT2D eigenvalue weighted by Gasteiger charge is 2.27. The van der Waals surface area contributed by atoms with Gasteiger partial charge in [-0.2, -0.15) is 0 Å². The summed E-state index contributed by atoms with van der Waals surface area (Å²) in [5, 5.41) is 12.4. The van der Waals surface area contributed by atoms with Crippen LogP contribution in [-0.4, -0.2) is 53.7 Å². The summed E-state index contributed by atoms with van der Waals surface area (Å²) in [6.07, 6.45) is 1.91. The Morgan fingerprint density at radius 2 is 1.69 bits per heavy atom. The van der Waals surface area contributed by atoms with Crippen LogP contribution in [0.25, 0.3) is 0 Å². The number of nitrogens with one attached hydrogen (secondary N) is 1. The zero-order valence-electron chi connectivity index (χ0n) is 18.8. The second-order valence-corrected chi connectivity index (χ2v) is 8.19. The van der Waals surface area contributed by atoms with Crippen LogP contribution in [0.4, 0.5) is 0 Å². The van der Waals surface area contributed by atoms with E-state index in [0.717, 1.165) is 18.6 Å². The Hall–Kier alpha value is -3.22. The number of phenolic OH excluding ortho intramolecular Hbond substituents is 1. The highest BCUT2D eigenvalue weighted by Crippen LogP contribution is 2.19. The lowest BCUT2D eigenvalue weighted by Gasteiger charge is -2.33. The van der Waals surface area contributed by atoms with Crippen molar-refractivity contribution in [2.45, 2.75) is 51.7 Å². The molecule has 0 bridgehead atoms. The predicted octanol–water partition coefficient (Wildman–Crippen LogP) is 3.43. The van der Waals surface area contributed by atoms with Crippen LogP contribution < -0.4 is 14.8 Å². The molecule has 2 N–H and O–H groups in total. The lowest BCUT2D eigenvalue weighted by Crippen LogP contribution is -2.49. The molecule has 0 radical (unpaired) electrons. The molecule has 2 aromatic rings. The van der Waals surface area contributed by atoms with E-state index in [-0.39, 0.29) is 23.6 Å². The second-order valence-electron chi connectivity index (χ2n) is 8.19. The number of carbonyl (C=O) groups excluding carboxylic acids is 2. The molecule has 1 aliphatic rings. The Kier molecular flexibility index (Phi) is 8.36. The topological polar surface area (TPSA) is 88.1 Å². The molecular weight excluding hydrogens is 408 g/mol. The number of ether oxygens (including phenoxy) is 2. The van der Waals surface area contributed by atoms with E-state index in [1.54, 1.807) is 24.0 Å². The minimum atomic E-state index is -0.612. The number of piperidine rings is 1. The minimum absolute atomic E-state index is 0.0197. The van der Waals surface area contributed by atoms with E-state index in [4.69, 9.17) is 9.47 Å². The third kappa shape index (κ3) is 7.18. The van der Waals surface area contributed by atoms with Crippen molar-refractivity contribution in [1.29, 1.82) is 0 Å². The maximum absolute atomic E-state index is 12.7. The molecule has 2 aromatic carbocycles. The summed E-state index contributed by atoms with van der Waals surface area (Å²) in [5.74, 6) is 1.45. The van der Waals surface area contributed by atoms with Crippen LogP contribution in [0.2, 0.25) is 0 Å². The van der Waals surface area contributed by atoms with Crippen LogP contribution in [-0.2, 0) is 9.59 Å². The number of phenols is 1. The average Bonchev–Trinajstić information content (AvgIpc) is 2.79. The summed E-state index contributed by atoms with van der Waals surface area (Å²) < 4.78 is 11.3. The first-order valence-corrected chi connectivity index (χ1v) is 11.1. The van der Waals surface area contributed by atoms with Crippen LogP contribution in [0.1, 0.15) is 38.2 Å². The van der Waals surface area contributed by atoms with Gasteiger partial charge >= 0.3 is 0 Å². The number of carbonyl (C=O) groups is 2. The number of amides is 2. The molecule has 7 heteroatoms. The molecule has 1 saturated heterocycles. The number of aromatic hydroxyl groups is 1. The molecule has 1 unspecified atom stereocenters. The van der Waals surface area contributed by atoms with E-state index >= 15 is 0 Å². The fourth-order valence-corrected chi connectivity index (χ4v) is 3.64. The number of benzene rings is 2. The van der Waals surface area contributed by atoms with E-state index < -0.39 is 6.10 Å². The van der Waals surface area contributed by atoms with E-state index in [1.165, 1.54) is 17.7 Å². The number of aryl methyl sites for hydroxylation is 1. The molecule has 0 aliphatic carbocycles. The predicted molar refractivity (Wildman–Crippen MR) is 122 cm³/mol. The van der Waals surface area contributed by atoms with Gasteiger partial charge in [0, 0.05) is 25.6 Å². The van der Waals surface area contributed by atoms with Gasteiger partial charge in [0.1, 0.15) is 17.2 Å². The summed E-state index contributed by atoms with van der Waals surface area (Å²) in [5.41, 5.74) is 1.18. The van der Waals surface area contributed by atoms with Crippen LogP contribution in [0, 0.1) is 6.92 Å². The molecule has 32 heavy (non-hydrogen) atoms. The first kappa shape index (κ1) is 23.4. The Bertz CT molecular complexity index is 874. The molecule has 0 spiro atoms. The molecule has 1 atom stereocenters. The van der Waals surface area contributed by atoms with Gasteiger partial charge in [-0.1, -0.05) is 17.7 Å². The van der Waals surface area contributed by atoms with Crippen molar-refractivity contribution in [2.75, 3.05) is 19.7 Å². The van der Waals surface area contributed by atoms with Gasteiger partial charge in [0.2, 0.25) is 5.91 Å². The third-order valence-corrected chi connectivity index (χ3v) is 5.51. The number of likely N-dealkylation sites (tertiary alicyclic amines) is 1. The Labute approximate surface area is 189 Å². The molecule has 0 aromatic heterocycles. The molecular formula is C25H32N2O5. The largest absolute Gasteiger partial charge is 0.508 e. The molecule has 2 amide bonds. The van der Waals surface area contributed by atoms with Crippen molar-refractivity contribution >= 4 is 11.8 Å². The van der Waals surface area contributed by atoms with Crippen molar-refractivity contribution in [3.63, 3.8) is 0 Å². The maximum Gasteiger partial charge on any atom is 0.263 e. The van der Waals surface area contributed by atoms with Gasteiger partial charge < -0.3 is 24.8 Å². The monoisotopic (exact) mass is 440 g/mol. The van der Waals surface area contributed by atoms with E-state index in [1.807, 2.05) is 31.2 Å². The van der Waals surface area contributed by atoms with Crippen LogP contribution in [0.5, 0.6) is 17.2 Å². The highest BCUT2D eigenvalue weighted by molar-refractivity contribution is 5.81. The van der Waals surface area contributed by atoms with Crippen LogP contribution >= 0.6 is 0 Å². The number of rotatable bonds is 9. The summed E-state index contributed by atoms with van der Waals surface area (Å²) in [6, 6.07) is 14.3. The highest BCUT2D eigenvalue weighted by atomic mass is 16.5. The SMILES string of the molecule is Cc1ccc(OCCCC(=O)NC2CCN(C(=O)C(C)Oc3ccc(O)cc3)CC2)cc1. The minimum Gasteiger partial charge on any atom is -0.508 e. The zero-order valence-corrected chi connectivity index (χ0v) is 18.8. The lowest BCUT2D eigenvalue weighted by molar-refractivity contribution is -0.139. The zero-order chi connectivity index (χ0) is 22.9. The Morgan fingerprint density at radius 1 is 1.06 bits per heavy atom. The van der Waals surface area contributed by atoms with Gasteiger partial charge in [-0.3, -0.25) is 9.59 Å². The lowest BCUT2D eigenvalue weighted by atomic mass is 10.0.